The van der Waals surface area contributed by atoms with Crippen molar-refractivity contribution in [3.63, 3.8) is 0 Å². The lowest BCUT2D eigenvalue weighted by atomic mass is 9.93. The summed E-state index contributed by atoms with van der Waals surface area (Å²) in [6.07, 6.45) is 1.14. The average Bonchev–Trinajstić information content (AvgIpc) is 3.04. The molecular weight excluding hydrogens is 274 g/mol. The van der Waals surface area contributed by atoms with E-state index in [1.807, 2.05) is 0 Å². The molecule has 2 aromatic carbocycles. The van der Waals surface area contributed by atoms with E-state index in [4.69, 9.17) is 0 Å². The molecule has 1 heterocycles. The molecule has 0 fully saturated rings. The van der Waals surface area contributed by atoms with E-state index >= 15 is 0 Å². The van der Waals surface area contributed by atoms with Gasteiger partial charge in [0.15, 0.2) is 0 Å². The lowest BCUT2D eigenvalue weighted by molar-refractivity contribution is 0.603. The van der Waals surface area contributed by atoms with Gasteiger partial charge in [0.25, 0.3) is 0 Å². The molecule has 0 aliphatic heterocycles. The number of hydrogen-bond donors (Lipinski definition) is 1. The zero-order valence-corrected chi connectivity index (χ0v) is 13.4. The zero-order valence-electron chi connectivity index (χ0n) is 12.6. The number of hydrogen-bond acceptors (Lipinski definition) is 2. The van der Waals surface area contributed by atoms with Crippen LogP contribution >= 0.6 is 11.3 Å². The summed E-state index contributed by atoms with van der Waals surface area (Å²) in [6.45, 7) is 5.43. The third kappa shape index (κ3) is 2.87. The minimum atomic E-state index is 0.279. The van der Waals surface area contributed by atoms with Gasteiger partial charge in [-0.15, -0.1) is 0 Å². The molecule has 0 bridgehead atoms. The molecule has 0 radical (unpaired) electrons. The van der Waals surface area contributed by atoms with Gasteiger partial charge in [-0.25, -0.2) is 0 Å². The third-order valence-electron chi connectivity index (χ3n) is 3.96. The standard InChI is InChI=1S/C19H21NS/c1-3-11-20-19(15-10-12-21-13-15)18-9-8-14(2)16-6-4-5-7-17(16)18/h4-10,12-13,19-20H,3,11H2,1-2H3. The second-order valence-corrected chi connectivity index (χ2v) is 6.24. The Morgan fingerprint density at radius 1 is 1.05 bits per heavy atom. The van der Waals surface area contributed by atoms with Crippen molar-refractivity contribution in [3.8, 4) is 0 Å². The van der Waals surface area contributed by atoms with E-state index in [0.29, 0.717) is 0 Å². The molecule has 1 N–H and O–H groups in total. The van der Waals surface area contributed by atoms with Crippen LogP contribution in [0.25, 0.3) is 10.8 Å². The molecular formula is C19H21NS. The predicted octanol–water partition coefficient (Wildman–Crippen LogP) is 5.30. The number of rotatable bonds is 5. The maximum Gasteiger partial charge on any atom is 0.0591 e. The molecule has 1 nitrogen and oxygen atoms in total. The minimum Gasteiger partial charge on any atom is -0.306 e. The topological polar surface area (TPSA) is 12.0 Å². The van der Waals surface area contributed by atoms with Crippen LogP contribution in [0.3, 0.4) is 0 Å². The largest absolute Gasteiger partial charge is 0.306 e. The molecule has 3 aromatic rings. The smallest absolute Gasteiger partial charge is 0.0591 e. The van der Waals surface area contributed by atoms with Crippen LogP contribution in [-0.4, -0.2) is 6.54 Å². The zero-order chi connectivity index (χ0) is 14.7. The Bertz CT molecular complexity index is 716. The molecule has 1 atom stereocenters. The van der Waals surface area contributed by atoms with Gasteiger partial charge in [0.1, 0.15) is 0 Å². The van der Waals surface area contributed by atoms with Gasteiger partial charge in [-0.2, -0.15) is 11.3 Å². The van der Waals surface area contributed by atoms with Gasteiger partial charge in [-0.05, 0) is 64.2 Å². The first kappa shape index (κ1) is 14.3. The summed E-state index contributed by atoms with van der Waals surface area (Å²) in [5.74, 6) is 0. The molecule has 1 aromatic heterocycles. The molecule has 0 aliphatic carbocycles. The van der Waals surface area contributed by atoms with Gasteiger partial charge in [-0.3, -0.25) is 0 Å². The maximum atomic E-state index is 3.71. The van der Waals surface area contributed by atoms with Crippen molar-refractivity contribution in [3.05, 3.63) is 69.9 Å². The van der Waals surface area contributed by atoms with Crippen LogP contribution in [0.4, 0.5) is 0 Å². The Labute approximate surface area is 130 Å². The first-order chi connectivity index (χ1) is 10.3. The molecule has 108 valence electrons. The second-order valence-electron chi connectivity index (χ2n) is 5.46. The highest BCUT2D eigenvalue weighted by Crippen LogP contribution is 2.31. The second kappa shape index (κ2) is 6.42. The van der Waals surface area contributed by atoms with Crippen LogP contribution in [0.2, 0.25) is 0 Å². The van der Waals surface area contributed by atoms with E-state index in [1.54, 1.807) is 11.3 Å². The maximum absolute atomic E-state index is 3.71. The summed E-state index contributed by atoms with van der Waals surface area (Å²) in [6, 6.07) is 15.7. The summed E-state index contributed by atoms with van der Waals surface area (Å²) in [5.41, 5.74) is 4.08. The van der Waals surface area contributed by atoms with E-state index in [1.165, 1.54) is 27.5 Å². The molecule has 2 heteroatoms. The van der Waals surface area contributed by atoms with E-state index < -0.39 is 0 Å². The van der Waals surface area contributed by atoms with Gasteiger partial charge in [0.2, 0.25) is 0 Å². The molecule has 1 unspecified atom stereocenters. The molecule has 0 saturated carbocycles. The quantitative estimate of drug-likeness (QED) is 0.673. The highest BCUT2D eigenvalue weighted by Gasteiger charge is 2.16. The molecule has 0 aliphatic rings. The first-order valence-corrected chi connectivity index (χ1v) is 8.49. The highest BCUT2D eigenvalue weighted by molar-refractivity contribution is 7.08. The Hall–Kier alpha value is -1.64. The molecule has 21 heavy (non-hydrogen) atoms. The SMILES string of the molecule is CCCNC(c1ccsc1)c1ccc(C)c2ccccc12. The highest BCUT2D eigenvalue weighted by atomic mass is 32.1. The number of benzene rings is 2. The van der Waals surface area contributed by atoms with Gasteiger partial charge in [0, 0.05) is 0 Å². The van der Waals surface area contributed by atoms with Crippen LogP contribution in [0, 0.1) is 6.92 Å². The number of aryl methyl sites for hydroxylation is 1. The summed E-state index contributed by atoms with van der Waals surface area (Å²) >= 11 is 1.76. The average molecular weight is 295 g/mol. The molecule has 0 saturated heterocycles. The Morgan fingerprint density at radius 2 is 1.86 bits per heavy atom. The molecule has 0 spiro atoms. The lowest BCUT2D eigenvalue weighted by Gasteiger charge is -2.21. The first-order valence-electron chi connectivity index (χ1n) is 7.55. The van der Waals surface area contributed by atoms with Gasteiger partial charge in [0.05, 0.1) is 6.04 Å². The summed E-state index contributed by atoms with van der Waals surface area (Å²) in [4.78, 5) is 0. The van der Waals surface area contributed by atoms with Crippen molar-refractivity contribution >= 4 is 22.1 Å². The van der Waals surface area contributed by atoms with Gasteiger partial charge >= 0.3 is 0 Å². The van der Waals surface area contributed by atoms with Gasteiger partial charge in [-0.1, -0.05) is 43.3 Å². The van der Waals surface area contributed by atoms with Crippen molar-refractivity contribution in [2.75, 3.05) is 6.54 Å². The summed E-state index contributed by atoms with van der Waals surface area (Å²) in [7, 11) is 0. The fourth-order valence-corrected chi connectivity index (χ4v) is 3.55. The van der Waals surface area contributed by atoms with Crippen LogP contribution in [0.15, 0.2) is 53.2 Å². The van der Waals surface area contributed by atoms with Crippen LogP contribution in [0.1, 0.15) is 36.1 Å². The fourth-order valence-electron chi connectivity index (χ4n) is 2.86. The van der Waals surface area contributed by atoms with Crippen molar-refractivity contribution in [2.24, 2.45) is 0 Å². The monoisotopic (exact) mass is 295 g/mol. The van der Waals surface area contributed by atoms with E-state index in [-0.39, 0.29) is 6.04 Å². The van der Waals surface area contributed by atoms with Crippen LogP contribution < -0.4 is 5.32 Å². The van der Waals surface area contributed by atoms with E-state index in [2.05, 4.69) is 72.4 Å². The van der Waals surface area contributed by atoms with Crippen LogP contribution in [-0.2, 0) is 0 Å². The normalized spacial score (nSPS) is 12.7. The van der Waals surface area contributed by atoms with Crippen molar-refractivity contribution in [1.29, 1.82) is 0 Å². The Kier molecular flexibility index (Phi) is 4.37. The van der Waals surface area contributed by atoms with Crippen molar-refractivity contribution in [2.45, 2.75) is 26.3 Å². The van der Waals surface area contributed by atoms with Gasteiger partial charge < -0.3 is 5.32 Å². The van der Waals surface area contributed by atoms with E-state index in [9.17, 15) is 0 Å². The minimum absolute atomic E-state index is 0.279. The molecule has 0 amide bonds. The Balaban J connectivity index is 2.13. The Morgan fingerprint density at radius 3 is 2.57 bits per heavy atom. The van der Waals surface area contributed by atoms with Crippen molar-refractivity contribution < 1.29 is 0 Å². The predicted molar refractivity (Wildman–Crippen MR) is 93.1 cm³/mol. The number of fused-ring (bicyclic) bond motifs is 1. The number of nitrogens with one attached hydrogen (secondary N) is 1. The fraction of sp³-hybridized carbons (Fsp3) is 0.263. The summed E-state index contributed by atoms with van der Waals surface area (Å²) < 4.78 is 0. The van der Waals surface area contributed by atoms with Crippen LogP contribution in [0.5, 0.6) is 0 Å². The van der Waals surface area contributed by atoms with Crippen molar-refractivity contribution in [1.82, 2.24) is 5.32 Å². The lowest BCUT2D eigenvalue weighted by Crippen LogP contribution is -2.23. The third-order valence-corrected chi connectivity index (χ3v) is 4.66. The number of thiophene rings is 1. The summed E-state index contributed by atoms with van der Waals surface area (Å²) in [5, 5.41) is 10.8. The molecule has 3 rings (SSSR count). The van der Waals surface area contributed by atoms with E-state index in [0.717, 1.165) is 13.0 Å².